The predicted octanol–water partition coefficient (Wildman–Crippen LogP) is -8.72. The number of hydrogen-bond acceptors (Lipinski definition) is 19. The van der Waals surface area contributed by atoms with Gasteiger partial charge < -0.3 is 113 Å². The SMILES string of the molecule is C[C@H](NC(=O)[C@H](Cc1c[nH]c2ccccc12)NC(=O)[C@H](CC(N)=O)NC(=O)[C@H](CO)NC(=O)[C@H](CCCN=C(N)N)NC(=O)[C@H](CCC(N)=O)NC(=O)[C@@H](N)CCC(N)=O)C(=O)N[C@@H](CO)C(=O)N[C@@H](Cc1ccc(O)cc1)C(=O)N[C@H](C(=O)O)[C@@H](C)O. The zero-order chi connectivity index (χ0) is 65.9. The number of phenolic OH excluding ortho intramolecular Hbond substituents is 1. The zero-order valence-corrected chi connectivity index (χ0v) is 48.0. The second kappa shape index (κ2) is 35.5. The lowest BCUT2D eigenvalue weighted by molar-refractivity contribution is -0.145. The second-order valence-corrected chi connectivity index (χ2v) is 20.3. The van der Waals surface area contributed by atoms with E-state index in [2.05, 4.69) is 57.8 Å². The number of carboxylic acid groups (broad SMARTS) is 1. The molecule has 88 heavy (non-hydrogen) atoms. The Hall–Kier alpha value is -10.0. The summed E-state index contributed by atoms with van der Waals surface area (Å²) in [5.74, 6) is -15.1. The number of carbonyl (C=O) groups is 13. The third-order valence-electron chi connectivity index (χ3n) is 13.1. The average Bonchev–Trinajstić information content (AvgIpc) is 4.13. The number of primary amides is 3. The van der Waals surface area contributed by atoms with Crippen LogP contribution in [-0.2, 0) is 75.2 Å². The van der Waals surface area contributed by atoms with E-state index in [9.17, 15) is 87.9 Å². The van der Waals surface area contributed by atoms with E-state index in [4.69, 9.17) is 34.4 Å². The standard InChI is InChI=1S/C53H77N17O18/c1-24(43(78)68-37(22-71)50(85)65-34(18-26-9-11-28(74)12-10-26)49(84)70-42(25(2)73)52(87)88)62-47(82)35(19-27-21-61-31-7-4-3-6-29(27)31)66-48(83)36(20-41(57)77)67-51(86)38(23-72)69-45(80)32(8-5-17-60-53(58)59)64-46(81)33(14-16-40(56)76)63-44(79)30(54)13-15-39(55)75/h3-4,6-7,9-12,21,24-25,30,32-38,42,61,71-74H,5,8,13-20,22-23,54H2,1-2H3,(H2,55,75)(H2,56,76)(H2,57,77)(H,62,82)(H,63,79)(H,64,81)(H,65,85)(H,66,83)(H,67,86)(H,68,78)(H,69,80)(H,70,84)(H,87,88)(H4,58,59,60)/t24-,25+,30-,32-,33-,34-,35-,36-,37-,38-,42-/m0/s1. The minimum absolute atomic E-state index is 0.0160. The number of aliphatic hydroxyl groups is 3. The number of H-pyrrole nitrogens is 1. The van der Waals surface area contributed by atoms with Crippen LogP contribution >= 0.6 is 0 Å². The van der Waals surface area contributed by atoms with Gasteiger partial charge in [0.25, 0.3) is 0 Å². The lowest BCUT2D eigenvalue weighted by Crippen LogP contribution is -2.61. The number of aliphatic carboxylic acids is 1. The van der Waals surface area contributed by atoms with E-state index in [0.29, 0.717) is 22.0 Å². The summed E-state index contributed by atoms with van der Waals surface area (Å²) < 4.78 is 0. The maximum Gasteiger partial charge on any atom is 0.328 e. The number of fused-ring (bicyclic) bond motifs is 1. The third kappa shape index (κ3) is 24.2. The molecule has 0 aliphatic carbocycles. The van der Waals surface area contributed by atoms with Crippen molar-refractivity contribution < 1.29 is 87.9 Å². The number of nitrogens with two attached hydrogens (primary N) is 6. The minimum atomic E-state index is -1.96. The normalized spacial score (nSPS) is 14.8. The molecule has 35 heteroatoms. The number of nitrogens with zero attached hydrogens (tertiary/aromatic N) is 1. The summed E-state index contributed by atoms with van der Waals surface area (Å²) in [6.45, 7) is -0.130. The molecule has 0 radical (unpaired) electrons. The quantitative estimate of drug-likeness (QED) is 0.0144. The number of aromatic amines is 1. The Labute approximate surface area is 502 Å². The first-order valence-corrected chi connectivity index (χ1v) is 27.3. The summed E-state index contributed by atoms with van der Waals surface area (Å²) in [4.78, 5) is 178. The van der Waals surface area contributed by atoms with E-state index < -0.39 is 176 Å². The van der Waals surface area contributed by atoms with Crippen LogP contribution in [0.4, 0.5) is 0 Å². The summed E-state index contributed by atoms with van der Waals surface area (Å²) >= 11 is 0. The van der Waals surface area contributed by atoms with Crippen molar-refractivity contribution >= 4 is 93.7 Å². The van der Waals surface area contributed by atoms with Crippen molar-refractivity contribution in [1.29, 1.82) is 0 Å². The Morgan fingerprint density at radius 1 is 0.534 bits per heavy atom. The first-order valence-electron chi connectivity index (χ1n) is 27.3. The third-order valence-corrected chi connectivity index (χ3v) is 13.1. The van der Waals surface area contributed by atoms with Crippen LogP contribution in [0.2, 0.25) is 0 Å². The van der Waals surface area contributed by atoms with Crippen molar-refractivity contribution in [2.24, 2.45) is 39.4 Å². The van der Waals surface area contributed by atoms with Gasteiger partial charge in [-0.2, -0.15) is 0 Å². The molecule has 0 aliphatic rings. The van der Waals surface area contributed by atoms with E-state index in [1.165, 1.54) is 30.5 Å². The molecule has 0 saturated carbocycles. The lowest BCUT2D eigenvalue weighted by atomic mass is 10.0. The van der Waals surface area contributed by atoms with E-state index in [0.717, 1.165) is 13.8 Å². The summed E-state index contributed by atoms with van der Waals surface area (Å²) in [5, 5.41) is 71.2. The molecule has 0 saturated heterocycles. The van der Waals surface area contributed by atoms with Crippen molar-refractivity contribution in [2.45, 2.75) is 138 Å². The molecule has 35 nitrogen and oxygen atoms in total. The van der Waals surface area contributed by atoms with Crippen molar-refractivity contribution in [3.8, 4) is 5.75 Å². The highest BCUT2D eigenvalue weighted by Gasteiger charge is 2.36. The molecule has 0 spiro atoms. The fourth-order valence-electron chi connectivity index (χ4n) is 8.32. The summed E-state index contributed by atoms with van der Waals surface area (Å²) in [7, 11) is 0. The number of amides is 12. The Morgan fingerprint density at radius 2 is 1.00 bits per heavy atom. The van der Waals surface area contributed by atoms with Gasteiger partial charge in [-0.25, -0.2) is 4.79 Å². The summed E-state index contributed by atoms with van der Waals surface area (Å²) in [6.07, 6.45) is -3.38. The lowest BCUT2D eigenvalue weighted by Gasteiger charge is -2.27. The van der Waals surface area contributed by atoms with Crippen LogP contribution in [0.25, 0.3) is 10.9 Å². The highest BCUT2D eigenvalue weighted by Crippen LogP contribution is 2.20. The fraction of sp³-hybridized carbons (Fsp3) is 0.472. The van der Waals surface area contributed by atoms with Gasteiger partial charge >= 0.3 is 5.97 Å². The van der Waals surface area contributed by atoms with Crippen molar-refractivity contribution in [2.75, 3.05) is 19.8 Å². The number of para-hydroxylation sites is 1. The number of aromatic hydroxyl groups is 1. The highest BCUT2D eigenvalue weighted by atomic mass is 16.4. The number of aromatic nitrogens is 1. The van der Waals surface area contributed by atoms with Crippen molar-refractivity contribution in [3.05, 3.63) is 65.9 Å². The molecule has 3 aromatic rings. The molecule has 0 aliphatic heterocycles. The molecule has 2 aromatic carbocycles. The topological polar surface area (TPSA) is 616 Å². The molecule has 0 bridgehead atoms. The number of hydrogen-bond donors (Lipinski definition) is 21. The molecular formula is C53H77N17O18. The summed E-state index contributed by atoms with van der Waals surface area (Å²) in [6, 6.07) is -4.90. The van der Waals surface area contributed by atoms with Gasteiger partial charge in [-0.05, 0) is 68.9 Å². The maximum absolute atomic E-state index is 14.3. The number of benzene rings is 2. The molecule has 3 rings (SSSR count). The number of phenols is 1. The predicted molar refractivity (Wildman–Crippen MR) is 309 cm³/mol. The fourth-order valence-corrected chi connectivity index (χ4v) is 8.32. The Balaban J connectivity index is 1.89. The van der Waals surface area contributed by atoms with Crippen LogP contribution in [0.15, 0.2) is 59.7 Å². The smallest absolute Gasteiger partial charge is 0.328 e. The minimum Gasteiger partial charge on any atom is -0.508 e. The highest BCUT2D eigenvalue weighted by molar-refractivity contribution is 6.00. The molecule has 27 N–H and O–H groups in total. The van der Waals surface area contributed by atoms with Gasteiger partial charge in [-0.1, -0.05) is 30.3 Å². The number of nitrogens with one attached hydrogen (secondary N) is 10. The van der Waals surface area contributed by atoms with Gasteiger partial charge in [0.2, 0.25) is 70.9 Å². The Kier molecular flexibility index (Phi) is 29.1. The molecular weight excluding hydrogens is 1160 g/mol. The molecule has 482 valence electrons. The number of aliphatic imine (C=N–C) groups is 1. The van der Waals surface area contributed by atoms with Gasteiger partial charge in [0.1, 0.15) is 54.1 Å². The Bertz CT molecular complexity index is 3010. The van der Waals surface area contributed by atoms with E-state index in [-0.39, 0.29) is 56.8 Å². The Morgan fingerprint density at radius 3 is 1.55 bits per heavy atom. The maximum atomic E-state index is 14.3. The first kappa shape index (κ1) is 72.3. The average molecular weight is 1240 g/mol. The first-order chi connectivity index (χ1) is 41.4. The largest absolute Gasteiger partial charge is 0.508 e. The van der Waals surface area contributed by atoms with Gasteiger partial charge in [-0.15, -0.1) is 0 Å². The zero-order valence-electron chi connectivity index (χ0n) is 48.0. The van der Waals surface area contributed by atoms with E-state index in [1.807, 2.05) is 0 Å². The molecule has 0 fully saturated rings. The van der Waals surface area contributed by atoms with E-state index >= 15 is 0 Å². The van der Waals surface area contributed by atoms with Crippen LogP contribution in [0.5, 0.6) is 5.75 Å². The molecule has 1 heterocycles. The number of aliphatic hydroxyl groups excluding tert-OH is 3. The molecule has 1 aromatic heterocycles. The molecule has 11 atom stereocenters. The number of carboxylic acids is 1. The number of rotatable bonds is 38. The van der Waals surface area contributed by atoms with Crippen LogP contribution in [0.3, 0.4) is 0 Å². The van der Waals surface area contributed by atoms with Crippen molar-refractivity contribution in [1.82, 2.24) is 52.8 Å². The molecule has 12 amide bonds. The summed E-state index contributed by atoms with van der Waals surface area (Å²) in [5.41, 5.74) is 34.0. The van der Waals surface area contributed by atoms with Gasteiger partial charge in [-0.3, -0.25) is 62.5 Å². The van der Waals surface area contributed by atoms with Crippen LogP contribution in [0, 0.1) is 0 Å². The van der Waals surface area contributed by atoms with Crippen molar-refractivity contribution in [3.63, 3.8) is 0 Å². The molecule has 0 unspecified atom stereocenters. The van der Waals surface area contributed by atoms with Crippen LogP contribution in [-0.4, -0.2) is 200 Å². The number of carbonyl (C=O) groups excluding carboxylic acids is 12. The van der Waals surface area contributed by atoms with Gasteiger partial charge in [0.15, 0.2) is 12.0 Å². The number of guanidine groups is 1. The monoisotopic (exact) mass is 1240 g/mol. The second-order valence-electron chi connectivity index (χ2n) is 20.3. The van der Waals surface area contributed by atoms with Gasteiger partial charge in [0, 0.05) is 49.3 Å². The van der Waals surface area contributed by atoms with Crippen LogP contribution in [0.1, 0.15) is 69.9 Å². The van der Waals surface area contributed by atoms with Crippen LogP contribution < -0.4 is 82.3 Å². The van der Waals surface area contributed by atoms with Gasteiger partial charge in [0.05, 0.1) is 31.8 Å². The van der Waals surface area contributed by atoms with E-state index in [1.54, 1.807) is 24.3 Å².